The molecule has 2 rings (SSSR count). The van der Waals surface area contributed by atoms with Crippen molar-refractivity contribution in [1.82, 2.24) is 9.80 Å². The highest BCUT2D eigenvalue weighted by atomic mass is 35.5. The second-order valence-corrected chi connectivity index (χ2v) is 9.70. The number of carbonyl (C=O) groups excluding carboxylic acids is 2. The molecule has 1 saturated heterocycles. The standard InChI is InChI=1S/C23H33ClF2N2O4/c1-22(2,3)32-21(30)28-12-9-16(10-13-28)23(25,26)11-6-14-31-17-7-8-18(19(24)15-17)20(29)27(4)5/h7-8,15-16H,6,9-14H2,1-5H3. The smallest absolute Gasteiger partial charge is 0.410 e. The van der Waals surface area contributed by atoms with Crippen LogP contribution in [0.2, 0.25) is 5.02 Å². The van der Waals surface area contributed by atoms with Gasteiger partial charge in [0.2, 0.25) is 0 Å². The summed E-state index contributed by atoms with van der Waals surface area (Å²) in [5.41, 5.74) is -0.252. The number of piperidine rings is 1. The fraction of sp³-hybridized carbons (Fsp3) is 0.652. The van der Waals surface area contributed by atoms with Crippen molar-refractivity contribution in [3.63, 3.8) is 0 Å². The normalized spacial score (nSPS) is 15.4. The number of ether oxygens (including phenoxy) is 2. The number of benzene rings is 1. The minimum Gasteiger partial charge on any atom is -0.494 e. The Morgan fingerprint density at radius 2 is 1.81 bits per heavy atom. The highest BCUT2D eigenvalue weighted by Crippen LogP contribution is 2.37. The summed E-state index contributed by atoms with van der Waals surface area (Å²) in [5.74, 6) is -3.40. The van der Waals surface area contributed by atoms with Gasteiger partial charge in [0.1, 0.15) is 11.4 Å². The zero-order chi connectivity index (χ0) is 24.1. The first-order valence-corrected chi connectivity index (χ1v) is 11.2. The van der Waals surface area contributed by atoms with Crippen molar-refractivity contribution in [2.24, 2.45) is 5.92 Å². The van der Waals surface area contributed by atoms with Crippen LogP contribution in [0.15, 0.2) is 18.2 Å². The molecule has 2 amide bonds. The molecule has 0 spiro atoms. The van der Waals surface area contributed by atoms with Gasteiger partial charge < -0.3 is 19.3 Å². The lowest BCUT2D eigenvalue weighted by atomic mass is 9.88. The van der Waals surface area contributed by atoms with Crippen LogP contribution < -0.4 is 4.74 Å². The number of hydrogen-bond acceptors (Lipinski definition) is 4. The van der Waals surface area contributed by atoms with E-state index in [9.17, 15) is 18.4 Å². The minimum atomic E-state index is -2.83. The van der Waals surface area contributed by atoms with Crippen LogP contribution in [-0.4, -0.2) is 67.1 Å². The number of nitrogens with zero attached hydrogens (tertiary/aromatic N) is 2. The summed E-state index contributed by atoms with van der Waals surface area (Å²) in [6, 6.07) is 4.68. The number of rotatable bonds is 7. The first-order chi connectivity index (χ1) is 14.8. The number of carbonyl (C=O) groups is 2. The second kappa shape index (κ2) is 10.7. The third-order valence-electron chi connectivity index (χ3n) is 5.24. The van der Waals surface area contributed by atoms with E-state index in [-0.39, 0.29) is 56.3 Å². The van der Waals surface area contributed by atoms with Gasteiger partial charge in [-0.25, -0.2) is 13.6 Å². The molecular weight excluding hydrogens is 442 g/mol. The van der Waals surface area contributed by atoms with Gasteiger partial charge >= 0.3 is 6.09 Å². The van der Waals surface area contributed by atoms with Crippen molar-refractivity contribution in [2.75, 3.05) is 33.8 Å². The zero-order valence-electron chi connectivity index (χ0n) is 19.4. The average Bonchev–Trinajstić information content (AvgIpc) is 2.69. The van der Waals surface area contributed by atoms with Crippen LogP contribution in [0.3, 0.4) is 0 Å². The van der Waals surface area contributed by atoms with E-state index in [0.29, 0.717) is 11.3 Å². The summed E-state index contributed by atoms with van der Waals surface area (Å²) in [6.07, 6.45) is -0.0945. The summed E-state index contributed by atoms with van der Waals surface area (Å²) < 4.78 is 40.2. The lowest BCUT2D eigenvalue weighted by Gasteiger charge is -2.36. The van der Waals surface area contributed by atoms with Crippen LogP contribution in [0.4, 0.5) is 13.6 Å². The molecule has 1 aromatic rings. The molecule has 180 valence electrons. The van der Waals surface area contributed by atoms with Crippen LogP contribution in [0.1, 0.15) is 56.8 Å². The predicted molar refractivity (Wildman–Crippen MR) is 120 cm³/mol. The Labute approximate surface area is 193 Å². The monoisotopic (exact) mass is 474 g/mol. The maximum Gasteiger partial charge on any atom is 0.410 e. The third kappa shape index (κ3) is 7.50. The molecule has 1 fully saturated rings. The maximum absolute atomic E-state index is 14.7. The van der Waals surface area contributed by atoms with Crippen LogP contribution in [0, 0.1) is 5.92 Å². The summed E-state index contributed by atoms with van der Waals surface area (Å²) in [4.78, 5) is 27.0. The van der Waals surface area contributed by atoms with E-state index >= 15 is 0 Å². The predicted octanol–water partition coefficient (Wildman–Crippen LogP) is 5.48. The molecule has 9 heteroatoms. The first-order valence-electron chi connectivity index (χ1n) is 10.8. The van der Waals surface area contributed by atoms with E-state index in [2.05, 4.69) is 0 Å². The second-order valence-electron chi connectivity index (χ2n) is 9.30. The molecule has 0 aromatic heterocycles. The third-order valence-corrected chi connectivity index (χ3v) is 5.56. The van der Waals surface area contributed by atoms with Crippen LogP contribution in [-0.2, 0) is 4.74 Å². The number of halogens is 3. The van der Waals surface area contributed by atoms with E-state index in [1.807, 2.05) is 0 Å². The van der Waals surface area contributed by atoms with E-state index < -0.39 is 23.5 Å². The number of alkyl halides is 2. The number of amides is 2. The Balaban J connectivity index is 1.78. The molecule has 32 heavy (non-hydrogen) atoms. The van der Waals surface area contributed by atoms with Gasteiger partial charge in [0.25, 0.3) is 11.8 Å². The van der Waals surface area contributed by atoms with Crippen molar-refractivity contribution in [3.05, 3.63) is 28.8 Å². The van der Waals surface area contributed by atoms with Crippen LogP contribution in [0.5, 0.6) is 5.75 Å². The zero-order valence-corrected chi connectivity index (χ0v) is 20.2. The fourth-order valence-corrected chi connectivity index (χ4v) is 3.76. The fourth-order valence-electron chi connectivity index (χ4n) is 3.51. The van der Waals surface area contributed by atoms with E-state index in [1.54, 1.807) is 47.0 Å². The lowest BCUT2D eigenvalue weighted by Crippen LogP contribution is -2.45. The molecule has 0 aliphatic carbocycles. The first kappa shape index (κ1) is 26.2. The van der Waals surface area contributed by atoms with Crippen LogP contribution in [0.25, 0.3) is 0 Å². The highest BCUT2D eigenvalue weighted by molar-refractivity contribution is 6.34. The molecule has 0 N–H and O–H groups in total. The number of likely N-dealkylation sites (tertiary alicyclic amines) is 1. The van der Waals surface area contributed by atoms with Crippen molar-refractivity contribution < 1.29 is 27.8 Å². The van der Waals surface area contributed by atoms with Gasteiger partial charge in [-0.3, -0.25) is 4.79 Å². The summed E-state index contributed by atoms with van der Waals surface area (Å²) >= 11 is 6.14. The minimum absolute atomic E-state index is 0.115. The Kier molecular flexibility index (Phi) is 8.74. The van der Waals surface area contributed by atoms with Crippen molar-refractivity contribution >= 4 is 23.6 Å². The van der Waals surface area contributed by atoms with E-state index in [1.165, 1.54) is 15.9 Å². The quantitative estimate of drug-likeness (QED) is 0.491. The lowest BCUT2D eigenvalue weighted by molar-refractivity contribution is -0.0878. The van der Waals surface area contributed by atoms with Crippen molar-refractivity contribution in [2.45, 2.75) is 58.0 Å². The molecule has 0 radical (unpaired) electrons. The molecule has 0 unspecified atom stereocenters. The van der Waals surface area contributed by atoms with Gasteiger partial charge in [-0.15, -0.1) is 0 Å². The van der Waals surface area contributed by atoms with E-state index in [0.717, 1.165) is 0 Å². The van der Waals surface area contributed by atoms with Crippen molar-refractivity contribution in [3.8, 4) is 5.75 Å². The largest absolute Gasteiger partial charge is 0.494 e. The van der Waals surface area contributed by atoms with Gasteiger partial charge in [0, 0.05) is 39.5 Å². The van der Waals surface area contributed by atoms with Gasteiger partial charge in [0.15, 0.2) is 0 Å². The molecule has 1 heterocycles. The van der Waals surface area contributed by atoms with Gasteiger partial charge in [0.05, 0.1) is 17.2 Å². The van der Waals surface area contributed by atoms with Crippen molar-refractivity contribution in [1.29, 1.82) is 0 Å². The molecule has 1 aliphatic heterocycles. The van der Waals surface area contributed by atoms with Gasteiger partial charge in [-0.1, -0.05) is 11.6 Å². The summed E-state index contributed by atoms with van der Waals surface area (Å²) in [5, 5.41) is 0.253. The average molecular weight is 475 g/mol. The Hall–Kier alpha value is -2.09. The van der Waals surface area contributed by atoms with E-state index in [4.69, 9.17) is 21.1 Å². The molecule has 1 aromatic carbocycles. The number of hydrogen-bond donors (Lipinski definition) is 0. The summed E-state index contributed by atoms with van der Waals surface area (Å²) in [6.45, 7) is 5.98. The summed E-state index contributed by atoms with van der Waals surface area (Å²) in [7, 11) is 3.26. The highest BCUT2D eigenvalue weighted by Gasteiger charge is 2.41. The Morgan fingerprint density at radius 1 is 1.19 bits per heavy atom. The Morgan fingerprint density at radius 3 is 2.34 bits per heavy atom. The molecule has 0 atom stereocenters. The topological polar surface area (TPSA) is 59.1 Å². The molecule has 1 aliphatic rings. The van der Waals surface area contributed by atoms with Gasteiger partial charge in [-0.05, 0) is 58.2 Å². The maximum atomic E-state index is 14.7. The Bertz CT molecular complexity index is 804. The molecular formula is C23H33ClF2N2O4. The molecule has 6 nitrogen and oxygen atoms in total. The molecule has 0 bridgehead atoms. The molecule has 0 saturated carbocycles. The van der Waals surface area contributed by atoms with Crippen LogP contribution >= 0.6 is 11.6 Å². The van der Waals surface area contributed by atoms with Gasteiger partial charge in [-0.2, -0.15) is 0 Å². The SMILES string of the molecule is CN(C)C(=O)c1ccc(OCCCC(F)(F)C2CCN(C(=O)OC(C)(C)C)CC2)cc1Cl.